The zero-order valence-corrected chi connectivity index (χ0v) is 14.0. The van der Waals surface area contributed by atoms with Crippen molar-refractivity contribution in [2.75, 3.05) is 17.7 Å². The first-order chi connectivity index (χ1) is 12.7. The lowest BCUT2D eigenvalue weighted by Gasteiger charge is -2.10. The molecule has 0 unspecified atom stereocenters. The van der Waals surface area contributed by atoms with Gasteiger partial charge in [-0.2, -0.15) is 5.10 Å². The number of para-hydroxylation sites is 2. The molecule has 8 heteroatoms. The standard InChI is InChI=1S/C18H17N5O3/c1-26-16-5-3-2-4-15(16)22-18(25)13-6-8-14(9-7-13)21-17(24)10-23-12-19-11-20-23/h2-9,11-12H,10H2,1H3,(H,21,24)(H,22,25). The number of carbonyl (C=O) groups is 2. The Morgan fingerprint density at radius 3 is 2.54 bits per heavy atom. The number of rotatable bonds is 6. The number of nitrogens with zero attached hydrogens (tertiary/aromatic N) is 3. The minimum atomic E-state index is -0.269. The van der Waals surface area contributed by atoms with Crippen LogP contribution in [0.1, 0.15) is 10.4 Å². The predicted octanol–water partition coefficient (Wildman–Crippen LogP) is 2.18. The van der Waals surface area contributed by atoms with Crippen LogP contribution < -0.4 is 15.4 Å². The van der Waals surface area contributed by atoms with Crippen LogP contribution in [-0.2, 0) is 11.3 Å². The van der Waals surface area contributed by atoms with Crippen molar-refractivity contribution in [3.8, 4) is 5.75 Å². The highest BCUT2D eigenvalue weighted by molar-refractivity contribution is 6.05. The number of hydrogen-bond donors (Lipinski definition) is 2. The molecule has 26 heavy (non-hydrogen) atoms. The van der Waals surface area contributed by atoms with Gasteiger partial charge in [-0.3, -0.25) is 9.59 Å². The van der Waals surface area contributed by atoms with Crippen molar-refractivity contribution in [2.24, 2.45) is 0 Å². The largest absolute Gasteiger partial charge is 0.495 e. The Bertz CT molecular complexity index is 891. The van der Waals surface area contributed by atoms with Crippen molar-refractivity contribution >= 4 is 23.2 Å². The number of carbonyl (C=O) groups excluding carboxylic acids is 2. The number of aromatic nitrogens is 3. The summed E-state index contributed by atoms with van der Waals surface area (Å²) in [6, 6.07) is 13.8. The Kier molecular flexibility index (Phi) is 5.23. The van der Waals surface area contributed by atoms with E-state index in [1.165, 1.54) is 17.3 Å². The fourth-order valence-corrected chi connectivity index (χ4v) is 2.31. The Morgan fingerprint density at radius 2 is 1.85 bits per heavy atom. The van der Waals surface area contributed by atoms with Crippen LogP contribution in [0.2, 0.25) is 0 Å². The fourth-order valence-electron chi connectivity index (χ4n) is 2.31. The molecule has 0 aliphatic heterocycles. The Morgan fingerprint density at radius 1 is 1.08 bits per heavy atom. The van der Waals surface area contributed by atoms with Gasteiger partial charge in [-0.25, -0.2) is 9.67 Å². The van der Waals surface area contributed by atoms with Gasteiger partial charge in [0.15, 0.2) is 0 Å². The molecule has 0 aliphatic rings. The normalized spacial score (nSPS) is 10.2. The third-order valence-electron chi connectivity index (χ3n) is 3.56. The molecule has 1 heterocycles. The summed E-state index contributed by atoms with van der Waals surface area (Å²) in [6.45, 7) is 0.0655. The second-order valence-corrected chi connectivity index (χ2v) is 5.37. The highest BCUT2D eigenvalue weighted by atomic mass is 16.5. The van der Waals surface area contributed by atoms with E-state index in [1.807, 2.05) is 12.1 Å². The highest BCUT2D eigenvalue weighted by Crippen LogP contribution is 2.23. The number of nitrogens with one attached hydrogen (secondary N) is 2. The molecule has 3 rings (SSSR count). The molecular weight excluding hydrogens is 334 g/mol. The van der Waals surface area contributed by atoms with Crippen LogP contribution in [0, 0.1) is 0 Å². The first kappa shape index (κ1) is 17.2. The molecule has 0 saturated carbocycles. The van der Waals surface area contributed by atoms with Gasteiger partial charge in [0.05, 0.1) is 12.8 Å². The van der Waals surface area contributed by atoms with Crippen LogP contribution in [0.25, 0.3) is 0 Å². The van der Waals surface area contributed by atoms with Crippen molar-refractivity contribution in [1.29, 1.82) is 0 Å². The van der Waals surface area contributed by atoms with Gasteiger partial charge in [0, 0.05) is 11.3 Å². The van der Waals surface area contributed by atoms with E-state index in [9.17, 15) is 9.59 Å². The van der Waals surface area contributed by atoms with E-state index in [2.05, 4.69) is 20.7 Å². The van der Waals surface area contributed by atoms with Crippen molar-refractivity contribution in [1.82, 2.24) is 14.8 Å². The molecule has 132 valence electrons. The second kappa shape index (κ2) is 7.93. The summed E-state index contributed by atoms with van der Waals surface area (Å²) >= 11 is 0. The van der Waals surface area contributed by atoms with Crippen LogP contribution in [0.3, 0.4) is 0 Å². The molecule has 0 fully saturated rings. The summed E-state index contributed by atoms with van der Waals surface area (Å²) < 4.78 is 6.64. The molecule has 0 radical (unpaired) electrons. The Labute approximate surface area is 149 Å². The lowest BCUT2D eigenvalue weighted by Crippen LogP contribution is -2.19. The van der Waals surface area contributed by atoms with Gasteiger partial charge < -0.3 is 15.4 Å². The molecule has 3 aromatic rings. The van der Waals surface area contributed by atoms with E-state index < -0.39 is 0 Å². The summed E-state index contributed by atoms with van der Waals surface area (Å²) in [6.07, 6.45) is 2.83. The first-order valence-electron chi connectivity index (χ1n) is 7.82. The lowest BCUT2D eigenvalue weighted by molar-refractivity contribution is -0.116. The highest BCUT2D eigenvalue weighted by Gasteiger charge is 2.10. The second-order valence-electron chi connectivity index (χ2n) is 5.37. The number of hydrogen-bond acceptors (Lipinski definition) is 5. The van der Waals surface area contributed by atoms with Crippen LogP contribution in [0.4, 0.5) is 11.4 Å². The topological polar surface area (TPSA) is 98.1 Å². The van der Waals surface area contributed by atoms with Crippen LogP contribution in [0.15, 0.2) is 61.2 Å². The van der Waals surface area contributed by atoms with Crippen molar-refractivity contribution in [3.63, 3.8) is 0 Å². The van der Waals surface area contributed by atoms with Crippen molar-refractivity contribution < 1.29 is 14.3 Å². The van der Waals surface area contributed by atoms with Gasteiger partial charge in [-0.05, 0) is 36.4 Å². The van der Waals surface area contributed by atoms with Gasteiger partial charge in [0.25, 0.3) is 5.91 Å². The maximum Gasteiger partial charge on any atom is 0.255 e. The zero-order chi connectivity index (χ0) is 18.4. The lowest BCUT2D eigenvalue weighted by atomic mass is 10.2. The number of methoxy groups -OCH3 is 1. The smallest absolute Gasteiger partial charge is 0.255 e. The average molecular weight is 351 g/mol. The zero-order valence-electron chi connectivity index (χ0n) is 14.0. The molecule has 1 aromatic heterocycles. The first-order valence-corrected chi connectivity index (χ1v) is 7.82. The molecule has 0 spiro atoms. The number of amides is 2. The monoisotopic (exact) mass is 351 g/mol. The van der Waals surface area contributed by atoms with E-state index in [0.29, 0.717) is 22.7 Å². The summed E-state index contributed by atoms with van der Waals surface area (Å²) in [5, 5.41) is 9.40. The average Bonchev–Trinajstić information content (AvgIpc) is 3.15. The van der Waals surface area contributed by atoms with E-state index in [-0.39, 0.29) is 18.4 Å². The van der Waals surface area contributed by atoms with Crippen LogP contribution in [0.5, 0.6) is 5.75 Å². The molecular formula is C18H17N5O3. The van der Waals surface area contributed by atoms with Gasteiger partial charge >= 0.3 is 0 Å². The van der Waals surface area contributed by atoms with Gasteiger partial charge in [0.2, 0.25) is 5.91 Å². The van der Waals surface area contributed by atoms with Crippen LogP contribution >= 0.6 is 0 Å². The third-order valence-corrected chi connectivity index (χ3v) is 3.56. The molecule has 2 amide bonds. The molecule has 2 aromatic carbocycles. The SMILES string of the molecule is COc1ccccc1NC(=O)c1ccc(NC(=O)Cn2cncn2)cc1. The van der Waals surface area contributed by atoms with Crippen LogP contribution in [-0.4, -0.2) is 33.7 Å². The van der Waals surface area contributed by atoms with Gasteiger partial charge in [0.1, 0.15) is 24.9 Å². The molecule has 0 saturated heterocycles. The summed E-state index contributed by atoms with van der Waals surface area (Å²) in [5.74, 6) is 0.0783. The van der Waals surface area contributed by atoms with E-state index in [0.717, 1.165) is 0 Å². The molecule has 0 bridgehead atoms. The quantitative estimate of drug-likeness (QED) is 0.709. The minimum absolute atomic E-state index is 0.0655. The third kappa shape index (κ3) is 4.23. The number of ether oxygens (including phenoxy) is 1. The van der Waals surface area contributed by atoms with E-state index in [1.54, 1.807) is 43.5 Å². The minimum Gasteiger partial charge on any atom is -0.495 e. The number of benzene rings is 2. The number of anilines is 2. The molecule has 0 atom stereocenters. The van der Waals surface area contributed by atoms with Gasteiger partial charge in [-0.15, -0.1) is 0 Å². The van der Waals surface area contributed by atoms with Crippen molar-refractivity contribution in [2.45, 2.75) is 6.54 Å². The van der Waals surface area contributed by atoms with E-state index in [4.69, 9.17) is 4.74 Å². The van der Waals surface area contributed by atoms with Crippen molar-refractivity contribution in [3.05, 3.63) is 66.7 Å². The molecule has 8 nitrogen and oxygen atoms in total. The maximum atomic E-state index is 12.4. The summed E-state index contributed by atoms with van der Waals surface area (Å²) in [7, 11) is 1.54. The Balaban J connectivity index is 1.61. The van der Waals surface area contributed by atoms with E-state index >= 15 is 0 Å². The van der Waals surface area contributed by atoms with Gasteiger partial charge in [-0.1, -0.05) is 12.1 Å². The Hall–Kier alpha value is -3.68. The summed E-state index contributed by atoms with van der Waals surface area (Å²) in [5.41, 5.74) is 1.64. The summed E-state index contributed by atoms with van der Waals surface area (Å²) in [4.78, 5) is 28.1. The molecule has 0 aliphatic carbocycles. The fraction of sp³-hybridized carbons (Fsp3) is 0.111. The maximum absolute atomic E-state index is 12.4. The predicted molar refractivity (Wildman–Crippen MR) is 96.0 cm³/mol. The molecule has 2 N–H and O–H groups in total.